The molecule has 146 valence electrons. The van der Waals surface area contributed by atoms with Gasteiger partial charge >= 0.3 is 6.18 Å². The quantitative estimate of drug-likeness (QED) is 0.509. The molecule has 7 heteroatoms. The van der Waals surface area contributed by atoms with Gasteiger partial charge in [-0.2, -0.15) is 13.2 Å². The van der Waals surface area contributed by atoms with Crippen molar-refractivity contribution in [3.63, 3.8) is 0 Å². The Morgan fingerprint density at radius 3 is 2.46 bits per heavy atom. The van der Waals surface area contributed by atoms with Gasteiger partial charge in [0.05, 0.1) is 18.4 Å². The minimum Gasteiger partial charge on any atom is -0.497 e. The first-order chi connectivity index (χ1) is 13.3. The topological polar surface area (TPSA) is 39.2 Å². The molecule has 3 nitrogen and oxygen atoms in total. The SMILES string of the molecule is COc1ccc(-c2c(C(=O)C(F)(F)F)c(C)nc3sc4c(c23)CCCC4)cc1. The van der Waals surface area contributed by atoms with E-state index in [-0.39, 0.29) is 11.3 Å². The largest absolute Gasteiger partial charge is 0.497 e. The Morgan fingerprint density at radius 2 is 1.82 bits per heavy atom. The number of nitrogens with zero attached hydrogens (tertiary/aromatic N) is 1. The number of rotatable bonds is 3. The molecule has 0 fully saturated rings. The fourth-order valence-electron chi connectivity index (χ4n) is 3.87. The molecule has 4 rings (SSSR count). The number of aryl methyl sites for hydroxylation is 3. The maximum absolute atomic E-state index is 13.4. The van der Waals surface area contributed by atoms with Crippen molar-refractivity contribution in [1.29, 1.82) is 0 Å². The summed E-state index contributed by atoms with van der Waals surface area (Å²) < 4.78 is 45.4. The highest BCUT2D eigenvalue weighted by Gasteiger charge is 2.42. The lowest BCUT2D eigenvalue weighted by atomic mass is 9.88. The third-order valence-corrected chi connectivity index (χ3v) is 6.33. The third kappa shape index (κ3) is 3.07. The lowest BCUT2D eigenvalue weighted by Crippen LogP contribution is -2.25. The minimum absolute atomic E-state index is 0.110. The Morgan fingerprint density at radius 1 is 1.14 bits per heavy atom. The van der Waals surface area contributed by atoms with Crippen LogP contribution in [0.5, 0.6) is 5.75 Å². The van der Waals surface area contributed by atoms with E-state index < -0.39 is 12.0 Å². The van der Waals surface area contributed by atoms with Gasteiger partial charge in [0.25, 0.3) is 5.78 Å². The molecule has 0 atom stereocenters. The summed E-state index contributed by atoms with van der Waals surface area (Å²) in [5, 5.41) is 0.697. The highest BCUT2D eigenvalue weighted by atomic mass is 32.1. The number of alkyl halides is 3. The highest BCUT2D eigenvalue weighted by molar-refractivity contribution is 7.19. The Balaban J connectivity index is 2.09. The molecule has 0 amide bonds. The number of benzene rings is 1. The van der Waals surface area contributed by atoms with Gasteiger partial charge < -0.3 is 4.74 Å². The van der Waals surface area contributed by atoms with E-state index in [1.165, 1.54) is 30.2 Å². The van der Waals surface area contributed by atoms with Crippen LogP contribution in [0.1, 0.15) is 39.3 Å². The predicted molar refractivity (Wildman–Crippen MR) is 103 cm³/mol. The Labute approximate surface area is 164 Å². The van der Waals surface area contributed by atoms with Crippen molar-refractivity contribution in [3.8, 4) is 16.9 Å². The van der Waals surface area contributed by atoms with E-state index in [9.17, 15) is 18.0 Å². The van der Waals surface area contributed by atoms with E-state index >= 15 is 0 Å². The van der Waals surface area contributed by atoms with Gasteiger partial charge in [0, 0.05) is 15.8 Å². The molecule has 0 bridgehead atoms. The first kappa shape index (κ1) is 18.9. The molecular weight excluding hydrogens is 387 g/mol. The summed E-state index contributed by atoms with van der Waals surface area (Å²) in [6.07, 6.45) is -1.22. The number of aromatic nitrogens is 1. The van der Waals surface area contributed by atoms with E-state index in [0.29, 0.717) is 27.1 Å². The molecule has 0 saturated heterocycles. The second-order valence-electron chi connectivity index (χ2n) is 6.89. The lowest BCUT2D eigenvalue weighted by Gasteiger charge is -2.17. The summed E-state index contributed by atoms with van der Waals surface area (Å²) in [6, 6.07) is 6.79. The average Bonchev–Trinajstić information content (AvgIpc) is 3.03. The fraction of sp³-hybridized carbons (Fsp3) is 0.333. The summed E-state index contributed by atoms with van der Waals surface area (Å²) in [7, 11) is 1.53. The normalized spacial score (nSPS) is 14.2. The molecule has 2 aromatic heterocycles. The van der Waals surface area contributed by atoms with Crippen LogP contribution in [-0.2, 0) is 12.8 Å². The molecule has 28 heavy (non-hydrogen) atoms. The molecule has 0 radical (unpaired) electrons. The molecule has 0 spiro atoms. The van der Waals surface area contributed by atoms with Gasteiger partial charge in [0.1, 0.15) is 10.6 Å². The first-order valence-corrected chi connectivity index (χ1v) is 9.83. The molecule has 3 aromatic rings. The van der Waals surface area contributed by atoms with Crippen LogP contribution in [0, 0.1) is 6.92 Å². The Kier molecular flexibility index (Phi) is 4.65. The molecule has 1 aromatic carbocycles. The minimum atomic E-state index is -4.96. The molecule has 1 aliphatic carbocycles. The number of methoxy groups -OCH3 is 1. The third-order valence-electron chi connectivity index (χ3n) is 5.15. The van der Waals surface area contributed by atoms with E-state index in [2.05, 4.69) is 4.98 Å². The van der Waals surface area contributed by atoms with Gasteiger partial charge in [-0.3, -0.25) is 4.79 Å². The average molecular weight is 405 g/mol. The molecule has 2 heterocycles. The summed E-state index contributed by atoms with van der Waals surface area (Å²) in [5.74, 6) is -1.25. The second kappa shape index (κ2) is 6.88. The molecule has 0 aliphatic heterocycles. The monoisotopic (exact) mass is 405 g/mol. The van der Waals surface area contributed by atoms with Crippen LogP contribution in [0.3, 0.4) is 0 Å². The highest BCUT2D eigenvalue weighted by Crippen LogP contribution is 2.44. The summed E-state index contributed by atoms with van der Waals surface area (Å²) in [6.45, 7) is 1.48. The number of Topliss-reactive ketones (excluding diaryl/α,β-unsaturated/α-hetero) is 1. The molecule has 1 aliphatic rings. The van der Waals surface area contributed by atoms with Crippen molar-refractivity contribution >= 4 is 27.3 Å². The number of fused-ring (bicyclic) bond motifs is 3. The van der Waals surface area contributed by atoms with Gasteiger partial charge in [-0.05, 0) is 55.9 Å². The van der Waals surface area contributed by atoms with Crippen LogP contribution >= 0.6 is 11.3 Å². The van der Waals surface area contributed by atoms with Crippen molar-refractivity contribution in [1.82, 2.24) is 4.98 Å². The smallest absolute Gasteiger partial charge is 0.454 e. The zero-order valence-electron chi connectivity index (χ0n) is 15.4. The van der Waals surface area contributed by atoms with Crippen molar-refractivity contribution in [2.45, 2.75) is 38.8 Å². The first-order valence-electron chi connectivity index (χ1n) is 9.02. The van der Waals surface area contributed by atoms with E-state index in [0.717, 1.165) is 31.2 Å². The summed E-state index contributed by atoms with van der Waals surface area (Å²) in [5.41, 5.74) is 1.71. The van der Waals surface area contributed by atoms with Crippen molar-refractivity contribution in [3.05, 3.63) is 46.0 Å². The van der Waals surface area contributed by atoms with Crippen molar-refractivity contribution < 1.29 is 22.7 Å². The van der Waals surface area contributed by atoms with Crippen molar-refractivity contribution in [2.24, 2.45) is 0 Å². The van der Waals surface area contributed by atoms with Crippen LogP contribution in [0.25, 0.3) is 21.3 Å². The number of hydrogen-bond acceptors (Lipinski definition) is 4. The van der Waals surface area contributed by atoms with Crippen molar-refractivity contribution in [2.75, 3.05) is 7.11 Å². The zero-order chi connectivity index (χ0) is 20.1. The number of ether oxygens (including phenoxy) is 1. The summed E-state index contributed by atoms with van der Waals surface area (Å²) in [4.78, 5) is 18.6. The van der Waals surface area contributed by atoms with E-state index in [1.54, 1.807) is 24.3 Å². The lowest BCUT2D eigenvalue weighted by molar-refractivity contribution is -0.0885. The van der Waals surface area contributed by atoms with Crippen LogP contribution in [0.15, 0.2) is 24.3 Å². The van der Waals surface area contributed by atoms with Crippen LogP contribution < -0.4 is 4.74 Å². The van der Waals surface area contributed by atoms with E-state index in [1.807, 2.05) is 0 Å². The molecule has 0 saturated carbocycles. The Bertz CT molecular complexity index is 1070. The number of ketones is 1. The maximum Gasteiger partial charge on any atom is 0.454 e. The van der Waals surface area contributed by atoms with Gasteiger partial charge in [0.15, 0.2) is 0 Å². The van der Waals surface area contributed by atoms with E-state index in [4.69, 9.17) is 4.74 Å². The predicted octanol–water partition coefficient (Wildman–Crippen LogP) is 5.90. The molecular formula is C21H18F3NO2S. The van der Waals surface area contributed by atoms with Gasteiger partial charge in [-0.15, -0.1) is 11.3 Å². The van der Waals surface area contributed by atoms with Crippen LogP contribution in [-0.4, -0.2) is 24.1 Å². The second-order valence-corrected chi connectivity index (χ2v) is 7.98. The van der Waals surface area contributed by atoms with Crippen LogP contribution in [0.4, 0.5) is 13.2 Å². The molecule has 0 unspecified atom stereocenters. The van der Waals surface area contributed by atoms with Gasteiger partial charge in [-0.1, -0.05) is 12.1 Å². The number of thiophene rings is 1. The standard InChI is InChI=1S/C21H18F3NO2S/c1-11-16(19(26)21(22,23)24)17(12-7-9-13(27-2)10-8-12)18-14-5-3-4-6-15(14)28-20(18)25-11/h7-10H,3-6H2,1-2H3. The Hall–Kier alpha value is -2.41. The zero-order valence-corrected chi connectivity index (χ0v) is 16.3. The fourth-order valence-corrected chi connectivity index (χ4v) is 5.19. The maximum atomic E-state index is 13.4. The number of pyridine rings is 1. The summed E-state index contributed by atoms with van der Waals surface area (Å²) >= 11 is 1.53. The van der Waals surface area contributed by atoms with Gasteiger partial charge in [-0.25, -0.2) is 4.98 Å². The number of carbonyl (C=O) groups is 1. The van der Waals surface area contributed by atoms with Crippen LogP contribution in [0.2, 0.25) is 0 Å². The molecule has 0 N–H and O–H groups in total. The number of hydrogen-bond donors (Lipinski definition) is 0. The number of halogens is 3. The number of carbonyl (C=O) groups excluding carboxylic acids is 1. The van der Waals surface area contributed by atoms with Gasteiger partial charge in [0.2, 0.25) is 0 Å².